The molecule has 1 aromatic carbocycles. The Labute approximate surface area is 139 Å². The molecule has 0 radical (unpaired) electrons. The maximum absolute atomic E-state index is 10.5. The maximum Gasteiger partial charge on any atom is 0.323 e. The van der Waals surface area contributed by atoms with Crippen molar-refractivity contribution in [3.8, 4) is 0 Å². The fraction of sp³-hybridized carbons (Fsp3) is 0.611. The minimum Gasteiger partial charge on any atom is -0.480 e. The first-order valence-electron chi connectivity index (χ1n) is 8.02. The molecular formula is C18H32N2O3. The number of carbonyl (C=O) groups is 1. The number of carboxylic acid groups (broad SMARTS) is 1. The molecule has 5 heteroatoms. The zero-order valence-electron chi connectivity index (χ0n) is 14.9. The minimum absolute atomic E-state index is 0.000000000000000222. The molecule has 0 saturated carbocycles. The van der Waals surface area contributed by atoms with Gasteiger partial charge in [-0.2, -0.15) is 0 Å². The van der Waals surface area contributed by atoms with Gasteiger partial charge in [-0.05, 0) is 24.3 Å². The normalized spacial score (nSPS) is 12.7. The maximum atomic E-state index is 10.5. The zero-order chi connectivity index (χ0) is 18.0. The lowest BCUT2D eigenvalue weighted by atomic mass is 9.80. The number of nitrogens with two attached hydrogens (primary N) is 1. The summed E-state index contributed by atoms with van der Waals surface area (Å²) >= 11 is 0. The molecule has 1 atom stereocenters. The lowest BCUT2D eigenvalue weighted by Crippen LogP contribution is -2.46. The fourth-order valence-electron chi connectivity index (χ4n) is 1.73. The van der Waals surface area contributed by atoms with Crippen molar-refractivity contribution >= 4 is 5.97 Å². The SMILES string of the molecule is CC(C)C(C)(N)C(C)C.O=C(O)C(CO)NCc1ccccc1. The molecule has 0 aliphatic carbocycles. The third-order valence-electron chi connectivity index (χ3n) is 4.36. The molecule has 0 heterocycles. The Morgan fingerprint density at radius 1 is 1.17 bits per heavy atom. The van der Waals surface area contributed by atoms with E-state index in [9.17, 15) is 4.79 Å². The standard InChI is InChI=1S/C10H13NO3.C8H19N/c12-7-9(10(13)14)11-6-8-4-2-1-3-5-8;1-6(2)8(5,9)7(3)4/h1-5,9,11-12H,6-7H2,(H,13,14);6-7H,9H2,1-5H3. The van der Waals surface area contributed by atoms with Gasteiger partial charge < -0.3 is 15.9 Å². The first-order valence-corrected chi connectivity index (χ1v) is 8.02. The van der Waals surface area contributed by atoms with Crippen molar-refractivity contribution in [2.24, 2.45) is 17.6 Å². The Morgan fingerprint density at radius 3 is 1.96 bits per heavy atom. The van der Waals surface area contributed by atoms with Crippen LogP contribution >= 0.6 is 0 Å². The van der Waals surface area contributed by atoms with E-state index in [0.29, 0.717) is 18.4 Å². The van der Waals surface area contributed by atoms with E-state index in [4.69, 9.17) is 15.9 Å². The lowest BCUT2D eigenvalue weighted by Gasteiger charge is -2.33. The second kappa shape index (κ2) is 10.4. The van der Waals surface area contributed by atoms with E-state index in [1.165, 1.54) is 0 Å². The fourth-order valence-corrected chi connectivity index (χ4v) is 1.73. The van der Waals surface area contributed by atoms with Crippen LogP contribution < -0.4 is 11.1 Å². The van der Waals surface area contributed by atoms with Crippen LogP contribution in [-0.2, 0) is 11.3 Å². The smallest absolute Gasteiger partial charge is 0.323 e. The molecule has 1 unspecified atom stereocenters. The number of aliphatic hydroxyl groups excluding tert-OH is 1. The number of carboxylic acids is 1. The minimum atomic E-state index is -1.04. The number of aliphatic carboxylic acids is 1. The van der Waals surface area contributed by atoms with Gasteiger partial charge in [-0.25, -0.2) is 0 Å². The number of hydrogen-bond donors (Lipinski definition) is 4. The van der Waals surface area contributed by atoms with Crippen LogP contribution in [0.4, 0.5) is 0 Å². The number of aliphatic hydroxyl groups is 1. The highest BCUT2D eigenvalue weighted by Crippen LogP contribution is 2.21. The van der Waals surface area contributed by atoms with E-state index in [-0.39, 0.29) is 5.54 Å². The molecule has 1 aromatic rings. The molecule has 0 aromatic heterocycles. The van der Waals surface area contributed by atoms with Crippen molar-refractivity contribution in [2.45, 2.75) is 52.7 Å². The number of rotatable bonds is 7. The van der Waals surface area contributed by atoms with Gasteiger partial charge in [0.25, 0.3) is 0 Å². The number of hydrogen-bond acceptors (Lipinski definition) is 4. The van der Waals surface area contributed by atoms with Gasteiger partial charge in [-0.15, -0.1) is 0 Å². The van der Waals surface area contributed by atoms with Crippen molar-refractivity contribution in [1.82, 2.24) is 5.32 Å². The molecule has 0 saturated heterocycles. The Morgan fingerprint density at radius 2 is 1.65 bits per heavy atom. The Kier molecular flexibility index (Phi) is 9.72. The molecule has 0 aliphatic rings. The summed E-state index contributed by atoms with van der Waals surface area (Å²) in [5, 5.41) is 20.1. The van der Waals surface area contributed by atoms with E-state index in [1.807, 2.05) is 30.3 Å². The summed E-state index contributed by atoms with van der Waals surface area (Å²) in [4.78, 5) is 10.5. The summed E-state index contributed by atoms with van der Waals surface area (Å²) in [7, 11) is 0. The van der Waals surface area contributed by atoms with Gasteiger partial charge in [0.2, 0.25) is 0 Å². The van der Waals surface area contributed by atoms with E-state index in [2.05, 4.69) is 39.9 Å². The molecule has 5 nitrogen and oxygen atoms in total. The Hall–Kier alpha value is -1.43. The summed E-state index contributed by atoms with van der Waals surface area (Å²) in [6, 6.07) is 8.55. The average molecular weight is 324 g/mol. The van der Waals surface area contributed by atoms with Crippen LogP contribution in [0.5, 0.6) is 0 Å². The van der Waals surface area contributed by atoms with Crippen molar-refractivity contribution in [3.63, 3.8) is 0 Å². The molecule has 23 heavy (non-hydrogen) atoms. The second-order valence-corrected chi connectivity index (χ2v) is 6.62. The van der Waals surface area contributed by atoms with Crippen LogP contribution in [0, 0.1) is 11.8 Å². The first-order chi connectivity index (χ1) is 10.6. The van der Waals surface area contributed by atoms with Crippen LogP contribution in [0.3, 0.4) is 0 Å². The molecule has 0 spiro atoms. The second-order valence-electron chi connectivity index (χ2n) is 6.62. The molecule has 0 bridgehead atoms. The number of benzene rings is 1. The van der Waals surface area contributed by atoms with Crippen LogP contribution in [0.25, 0.3) is 0 Å². The monoisotopic (exact) mass is 324 g/mol. The summed E-state index contributed by atoms with van der Waals surface area (Å²) in [5.74, 6) is 0.0958. The molecule has 132 valence electrons. The lowest BCUT2D eigenvalue weighted by molar-refractivity contribution is -0.140. The molecule has 0 amide bonds. The van der Waals surface area contributed by atoms with Crippen molar-refractivity contribution in [3.05, 3.63) is 35.9 Å². The quantitative estimate of drug-likeness (QED) is 0.617. The van der Waals surface area contributed by atoms with Gasteiger partial charge >= 0.3 is 5.97 Å². The topological polar surface area (TPSA) is 95.6 Å². The van der Waals surface area contributed by atoms with E-state index >= 15 is 0 Å². The van der Waals surface area contributed by atoms with Crippen LogP contribution in [-0.4, -0.2) is 34.4 Å². The van der Waals surface area contributed by atoms with Crippen molar-refractivity contribution < 1.29 is 15.0 Å². The van der Waals surface area contributed by atoms with Crippen molar-refractivity contribution in [1.29, 1.82) is 0 Å². The highest BCUT2D eigenvalue weighted by atomic mass is 16.4. The molecule has 0 fully saturated rings. The predicted octanol–water partition coefficient (Wildman–Crippen LogP) is 2.24. The van der Waals surface area contributed by atoms with Gasteiger partial charge in [0.1, 0.15) is 6.04 Å². The summed E-state index contributed by atoms with van der Waals surface area (Å²) in [6.45, 7) is 10.8. The highest BCUT2D eigenvalue weighted by Gasteiger charge is 2.26. The van der Waals surface area contributed by atoms with Gasteiger partial charge in [-0.1, -0.05) is 58.0 Å². The molecule has 1 rings (SSSR count). The highest BCUT2D eigenvalue weighted by molar-refractivity contribution is 5.73. The van der Waals surface area contributed by atoms with Crippen LogP contribution in [0.1, 0.15) is 40.2 Å². The average Bonchev–Trinajstić information content (AvgIpc) is 2.49. The first kappa shape index (κ1) is 21.6. The van der Waals surface area contributed by atoms with Gasteiger partial charge in [0, 0.05) is 12.1 Å². The molecular weight excluding hydrogens is 292 g/mol. The Balaban J connectivity index is 0.000000468. The van der Waals surface area contributed by atoms with Gasteiger partial charge in [0.05, 0.1) is 6.61 Å². The van der Waals surface area contributed by atoms with Gasteiger partial charge in [0.15, 0.2) is 0 Å². The molecule has 5 N–H and O–H groups in total. The molecule has 0 aliphatic heterocycles. The largest absolute Gasteiger partial charge is 0.480 e. The summed E-state index contributed by atoms with van der Waals surface area (Å²) in [5.41, 5.74) is 7.00. The summed E-state index contributed by atoms with van der Waals surface area (Å²) < 4.78 is 0. The van der Waals surface area contributed by atoms with Crippen LogP contribution in [0.2, 0.25) is 0 Å². The van der Waals surface area contributed by atoms with Crippen molar-refractivity contribution in [2.75, 3.05) is 6.61 Å². The zero-order valence-corrected chi connectivity index (χ0v) is 14.9. The third kappa shape index (κ3) is 8.11. The van der Waals surface area contributed by atoms with Crippen LogP contribution in [0.15, 0.2) is 30.3 Å². The van der Waals surface area contributed by atoms with E-state index < -0.39 is 18.6 Å². The summed E-state index contributed by atoms with van der Waals surface area (Å²) in [6.07, 6.45) is 0. The predicted molar refractivity (Wildman–Crippen MR) is 94.1 cm³/mol. The van der Waals surface area contributed by atoms with E-state index in [1.54, 1.807) is 0 Å². The van der Waals surface area contributed by atoms with E-state index in [0.717, 1.165) is 5.56 Å². The third-order valence-corrected chi connectivity index (χ3v) is 4.36. The van der Waals surface area contributed by atoms with Gasteiger partial charge in [-0.3, -0.25) is 10.1 Å². The number of nitrogens with one attached hydrogen (secondary N) is 1. The Bertz CT molecular complexity index is 435.